The van der Waals surface area contributed by atoms with E-state index in [9.17, 15) is 9.59 Å². The van der Waals surface area contributed by atoms with Crippen LogP contribution in [0, 0.1) is 13.8 Å². The number of esters is 1. The molecule has 3 rings (SSSR count). The summed E-state index contributed by atoms with van der Waals surface area (Å²) in [5.41, 5.74) is 3.71. The summed E-state index contributed by atoms with van der Waals surface area (Å²) in [6.45, 7) is 5.47. The molecule has 0 radical (unpaired) electrons. The van der Waals surface area contributed by atoms with E-state index in [-0.39, 0.29) is 5.91 Å². The topological polar surface area (TPSA) is 55.4 Å². The first kappa shape index (κ1) is 19.4. The van der Waals surface area contributed by atoms with Gasteiger partial charge in [-0.05, 0) is 54.8 Å². The van der Waals surface area contributed by atoms with Crippen molar-refractivity contribution in [2.24, 2.45) is 0 Å². The molecule has 0 bridgehead atoms. The fourth-order valence-corrected chi connectivity index (χ4v) is 3.01. The van der Waals surface area contributed by atoms with Crippen LogP contribution in [-0.2, 0) is 14.3 Å². The van der Waals surface area contributed by atoms with Crippen molar-refractivity contribution in [1.82, 2.24) is 0 Å². The summed E-state index contributed by atoms with van der Waals surface area (Å²) in [4.78, 5) is 24.5. The van der Waals surface area contributed by atoms with Gasteiger partial charge in [0.05, 0.1) is 0 Å². The van der Waals surface area contributed by atoms with Gasteiger partial charge in [0.15, 0.2) is 6.10 Å². The van der Waals surface area contributed by atoms with Crippen LogP contribution < -0.4 is 5.32 Å². The minimum absolute atomic E-state index is 0.362. The second kappa shape index (κ2) is 8.53. The molecule has 0 aliphatic heterocycles. The summed E-state index contributed by atoms with van der Waals surface area (Å²) in [6, 6.07) is 19.6. The lowest BCUT2D eigenvalue weighted by Crippen LogP contribution is -2.29. The number of fused-ring (bicyclic) bond motifs is 1. The summed E-state index contributed by atoms with van der Waals surface area (Å²) < 4.78 is 5.24. The SMILES string of the molecule is Cc1ccc(NC(=O)C(C)OC(=O)/C=C/c2cccc3ccccc23)c(C)c1. The zero-order chi connectivity index (χ0) is 20.1. The number of carbonyl (C=O) groups is 2. The number of amides is 1. The van der Waals surface area contributed by atoms with E-state index in [0.717, 1.165) is 27.5 Å². The van der Waals surface area contributed by atoms with Gasteiger partial charge in [-0.15, -0.1) is 0 Å². The number of aryl methyl sites for hydroxylation is 2. The van der Waals surface area contributed by atoms with Crippen molar-refractivity contribution < 1.29 is 14.3 Å². The Bertz CT molecular complexity index is 1050. The zero-order valence-corrected chi connectivity index (χ0v) is 16.2. The number of anilines is 1. The van der Waals surface area contributed by atoms with E-state index in [0.29, 0.717) is 5.69 Å². The summed E-state index contributed by atoms with van der Waals surface area (Å²) >= 11 is 0. The minimum Gasteiger partial charge on any atom is -0.449 e. The number of nitrogens with one attached hydrogen (secondary N) is 1. The lowest BCUT2D eigenvalue weighted by atomic mass is 10.0. The van der Waals surface area contributed by atoms with Gasteiger partial charge in [0.25, 0.3) is 5.91 Å². The van der Waals surface area contributed by atoms with Gasteiger partial charge in [-0.2, -0.15) is 0 Å². The first-order chi connectivity index (χ1) is 13.4. The normalized spacial score (nSPS) is 12.1. The molecule has 1 atom stereocenters. The molecule has 0 aliphatic carbocycles. The van der Waals surface area contributed by atoms with Crippen LogP contribution in [0.4, 0.5) is 5.69 Å². The van der Waals surface area contributed by atoms with Crippen molar-refractivity contribution in [2.45, 2.75) is 26.9 Å². The van der Waals surface area contributed by atoms with Gasteiger partial charge in [0.1, 0.15) is 0 Å². The van der Waals surface area contributed by atoms with Crippen LogP contribution in [0.3, 0.4) is 0 Å². The number of rotatable bonds is 5. The van der Waals surface area contributed by atoms with Crippen LogP contribution in [0.1, 0.15) is 23.6 Å². The van der Waals surface area contributed by atoms with E-state index in [1.807, 2.05) is 74.5 Å². The molecular weight excluding hydrogens is 350 g/mol. The van der Waals surface area contributed by atoms with Crippen molar-refractivity contribution in [2.75, 3.05) is 5.32 Å². The predicted molar refractivity (Wildman–Crippen MR) is 113 cm³/mol. The maximum Gasteiger partial charge on any atom is 0.331 e. The Morgan fingerprint density at radius 3 is 2.54 bits per heavy atom. The second-order valence-electron chi connectivity index (χ2n) is 6.79. The largest absolute Gasteiger partial charge is 0.449 e. The molecule has 142 valence electrons. The molecule has 28 heavy (non-hydrogen) atoms. The fraction of sp³-hybridized carbons (Fsp3) is 0.167. The third-order valence-corrected chi connectivity index (χ3v) is 4.52. The Hall–Kier alpha value is -3.40. The standard InChI is InChI=1S/C24H23NO3/c1-16-11-13-22(17(2)15-16)25-24(27)18(3)28-23(26)14-12-20-9-6-8-19-7-4-5-10-21(19)20/h4-15,18H,1-3H3,(H,25,27)/b14-12+. The Kier molecular flexibility index (Phi) is 5.90. The van der Waals surface area contributed by atoms with Gasteiger partial charge in [-0.1, -0.05) is 60.2 Å². The minimum atomic E-state index is -0.898. The molecule has 0 fully saturated rings. The van der Waals surface area contributed by atoms with Crippen LogP contribution in [0.5, 0.6) is 0 Å². The first-order valence-corrected chi connectivity index (χ1v) is 9.18. The second-order valence-corrected chi connectivity index (χ2v) is 6.79. The molecule has 4 nitrogen and oxygen atoms in total. The van der Waals surface area contributed by atoms with Crippen molar-refractivity contribution in [3.63, 3.8) is 0 Å². The summed E-state index contributed by atoms with van der Waals surface area (Å²) in [5, 5.41) is 4.95. The van der Waals surface area contributed by atoms with Gasteiger partial charge in [0.2, 0.25) is 0 Å². The van der Waals surface area contributed by atoms with Crippen molar-refractivity contribution in [1.29, 1.82) is 0 Å². The van der Waals surface area contributed by atoms with E-state index in [2.05, 4.69) is 5.32 Å². The number of benzene rings is 3. The highest BCUT2D eigenvalue weighted by Gasteiger charge is 2.17. The van der Waals surface area contributed by atoms with Crippen molar-refractivity contribution in [3.8, 4) is 0 Å². The van der Waals surface area contributed by atoms with Gasteiger partial charge < -0.3 is 10.1 Å². The van der Waals surface area contributed by atoms with Gasteiger partial charge in [-0.25, -0.2) is 4.79 Å². The van der Waals surface area contributed by atoms with E-state index in [1.165, 1.54) is 6.08 Å². The molecule has 0 saturated carbocycles. The van der Waals surface area contributed by atoms with Gasteiger partial charge in [0, 0.05) is 11.8 Å². The highest BCUT2D eigenvalue weighted by Crippen LogP contribution is 2.20. The monoisotopic (exact) mass is 373 g/mol. The molecule has 0 aromatic heterocycles. The maximum atomic E-state index is 12.3. The summed E-state index contributed by atoms with van der Waals surface area (Å²) in [5.74, 6) is -0.921. The van der Waals surface area contributed by atoms with Gasteiger partial charge >= 0.3 is 5.97 Å². The summed E-state index contributed by atoms with van der Waals surface area (Å²) in [6.07, 6.45) is 2.16. The Morgan fingerprint density at radius 2 is 1.75 bits per heavy atom. The van der Waals surface area contributed by atoms with E-state index >= 15 is 0 Å². The summed E-state index contributed by atoms with van der Waals surface area (Å²) in [7, 11) is 0. The fourth-order valence-electron chi connectivity index (χ4n) is 3.01. The molecule has 1 unspecified atom stereocenters. The number of carbonyl (C=O) groups excluding carboxylic acids is 2. The van der Waals surface area contributed by atoms with Crippen LogP contribution >= 0.6 is 0 Å². The average molecular weight is 373 g/mol. The molecule has 1 N–H and O–H groups in total. The Balaban J connectivity index is 1.63. The molecule has 0 spiro atoms. The van der Waals surface area contributed by atoms with Crippen LogP contribution in [0.25, 0.3) is 16.8 Å². The third kappa shape index (κ3) is 4.65. The highest BCUT2D eigenvalue weighted by molar-refractivity contribution is 5.98. The number of hydrogen-bond donors (Lipinski definition) is 1. The van der Waals surface area contributed by atoms with Crippen LogP contribution in [0.15, 0.2) is 66.7 Å². The molecule has 1 amide bonds. The zero-order valence-electron chi connectivity index (χ0n) is 16.2. The molecule has 3 aromatic carbocycles. The van der Waals surface area contributed by atoms with Crippen LogP contribution in [0.2, 0.25) is 0 Å². The molecule has 0 saturated heterocycles. The van der Waals surface area contributed by atoms with E-state index < -0.39 is 12.1 Å². The lowest BCUT2D eigenvalue weighted by Gasteiger charge is -2.14. The molecule has 0 heterocycles. The first-order valence-electron chi connectivity index (χ1n) is 9.18. The lowest BCUT2D eigenvalue weighted by molar-refractivity contribution is -0.148. The third-order valence-electron chi connectivity index (χ3n) is 4.52. The van der Waals surface area contributed by atoms with E-state index in [4.69, 9.17) is 4.74 Å². The Morgan fingerprint density at radius 1 is 1.00 bits per heavy atom. The molecule has 4 heteroatoms. The molecule has 3 aromatic rings. The van der Waals surface area contributed by atoms with Crippen molar-refractivity contribution >= 4 is 34.4 Å². The number of hydrogen-bond acceptors (Lipinski definition) is 3. The number of ether oxygens (including phenoxy) is 1. The van der Waals surface area contributed by atoms with Crippen LogP contribution in [-0.4, -0.2) is 18.0 Å². The molecule has 0 aliphatic rings. The predicted octanol–water partition coefficient (Wildman–Crippen LogP) is 5.04. The maximum absolute atomic E-state index is 12.3. The quantitative estimate of drug-likeness (QED) is 0.503. The Labute approximate surface area is 164 Å². The van der Waals surface area contributed by atoms with E-state index in [1.54, 1.807) is 13.0 Å². The molecular formula is C24H23NO3. The van der Waals surface area contributed by atoms with Gasteiger partial charge in [-0.3, -0.25) is 4.79 Å². The van der Waals surface area contributed by atoms with Crippen molar-refractivity contribution in [3.05, 3.63) is 83.4 Å². The highest BCUT2D eigenvalue weighted by atomic mass is 16.5. The average Bonchev–Trinajstić information content (AvgIpc) is 2.68. The smallest absolute Gasteiger partial charge is 0.331 e.